The summed E-state index contributed by atoms with van der Waals surface area (Å²) in [6.45, 7) is 13.8. The third-order valence-electron chi connectivity index (χ3n) is 3.69. The molecule has 0 bridgehead atoms. The van der Waals surface area contributed by atoms with E-state index in [1.165, 1.54) is 4.88 Å². The van der Waals surface area contributed by atoms with Crippen LogP contribution >= 0.6 is 11.3 Å². The Morgan fingerprint density at radius 1 is 1.30 bits per heavy atom. The van der Waals surface area contributed by atoms with Crippen LogP contribution in [0.4, 0.5) is 5.13 Å². The molecule has 0 spiro atoms. The molecule has 1 N–H and O–H groups in total. The Labute approximate surface area is 127 Å². The van der Waals surface area contributed by atoms with Gasteiger partial charge >= 0.3 is 0 Å². The average Bonchev–Trinajstić information content (AvgIpc) is 2.78. The van der Waals surface area contributed by atoms with Gasteiger partial charge in [0.15, 0.2) is 5.13 Å². The molecule has 4 nitrogen and oxygen atoms in total. The molecule has 1 heterocycles. The van der Waals surface area contributed by atoms with Crippen molar-refractivity contribution in [3.8, 4) is 0 Å². The Hall–Kier alpha value is -0.650. The van der Waals surface area contributed by atoms with Crippen LogP contribution < -0.4 is 4.90 Å². The maximum Gasteiger partial charge on any atom is 0.185 e. The number of likely N-dealkylation sites (N-methyl/N-ethyl adjacent to an activating group) is 1. The summed E-state index contributed by atoms with van der Waals surface area (Å²) in [4.78, 5) is 10.2. The molecular formula is C15H29N3OS. The third kappa shape index (κ3) is 4.43. The number of rotatable bonds is 7. The van der Waals surface area contributed by atoms with E-state index in [1.807, 2.05) is 6.20 Å². The van der Waals surface area contributed by atoms with E-state index < -0.39 is 0 Å². The summed E-state index contributed by atoms with van der Waals surface area (Å²) in [6, 6.07) is 0.154. The number of nitrogens with zero attached hydrogens (tertiary/aromatic N) is 3. The van der Waals surface area contributed by atoms with Crippen molar-refractivity contribution in [2.45, 2.75) is 47.2 Å². The number of anilines is 1. The number of aliphatic hydroxyl groups is 1. The highest BCUT2D eigenvalue weighted by Crippen LogP contribution is 2.27. The highest BCUT2D eigenvalue weighted by Gasteiger charge is 2.28. The molecule has 5 heteroatoms. The summed E-state index contributed by atoms with van der Waals surface area (Å²) in [5.41, 5.74) is 0.0654. The van der Waals surface area contributed by atoms with Gasteiger partial charge in [-0.2, -0.15) is 0 Å². The van der Waals surface area contributed by atoms with E-state index in [9.17, 15) is 5.11 Å². The van der Waals surface area contributed by atoms with E-state index in [-0.39, 0.29) is 18.1 Å². The molecule has 0 aliphatic heterocycles. The smallest absolute Gasteiger partial charge is 0.185 e. The van der Waals surface area contributed by atoms with Gasteiger partial charge in [0.1, 0.15) is 0 Å². The zero-order valence-electron chi connectivity index (χ0n) is 13.7. The van der Waals surface area contributed by atoms with Gasteiger partial charge < -0.3 is 10.0 Å². The van der Waals surface area contributed by atoms with Crippen molar-refractivity contribution in [3.05, 3.63) is 11.1 Å². The summed E-state index contributed by atoms with van der Waals surface area (Å²) in [5, 5.41) is 10.7. The normalized spacial score (nSPS) is 13.8. The van der Waals surface area contributed by atoms with Crippen molar-refractivity contribution in [1.82, 2.24) is 9.88 Å². The Bertz CT molecular complexity index is 396. The van der Waals surface area contributed by atoms with E-state index in [2.05, 4.69) is 56.5 Å². The van der Waals surface area contributed by atoms with Gasteiger partial charge in [-0.05, 0) is 26.3 Å². The SMILES string of the molecule is CCN(CC)c1ncc(CN(C)C(CO)C(C)(C)C)s1. The first-order valence-corrected chi connectivity index (χ1v) is 8.15. The molecule has 0 saturated heterocycles. The fourth-order valence-electron chi connectivity index (χ4n) is 2.44. The van der Waals surface area contributed by atoms with Crippen molar-refractivity contribution in [2.75, 3.05) is 31.6 Å². The molecule has 0 aliphatic rings. The molecule has 0 saturated carbocycles. The molecule has 0 aromatic carbocycles. The van der Waals surface area contributed by atoms with Gasteiger partial charge in [0.2, 0.25) is 0 Å². The Kier molecular flexibility index (Phi) is 6.43. The molecule has 1 aromatic rings. The lowest BCUT2D eigenvalue weighted by molar-refractivity contribution is 0.0620. The van der Waals surface area contributed by atoms with Gasteiger partial charge in [0.25, 0.3) is 0 Å². The molecule has 1 aromatic heterocycles. The van der Waals surface area contributed by atoms with Gasteiger partial charge in [-0.15, -0.1) is 11.3 Å². The molecule has 0 fully saturated rings. The first-order valence-electron chi connectivity index (χ1n) is 7.34. The Morgan fingerprint density at radius 2 is 1.90 bits per heavy atom. The highest BCUT2D eigenvalue weighted by molar-refractivity contribution is 7.15. The van der Waals surface area contributed by atoms with Crippen molar-refractivity contribution < 1.29 is 5.11 Å². The standard InChI is InChI=1S/C15H29N3OS/c1-7-18(8-2)14-16-9-12(20-14)10-17(6)13(11-19)15(3,4)5/h9,13,19H,7-8,10-11H2,1-6H3. The van der Waals surface area contributed by atoms with Crippen LogP contribution in [-0.2, 0) is 6.54 Å². The molecule has 0 amide bonds. The average molecular weight is 299 g/mol. The second-order valence-corrected chi connectivity index (χ2v) is 7.35. The number of aliphatic hydroxyl groups excluding tert-OH is 1. The van der Waals surface area contributed by atoms with Gasteiger partial charge in [-0.1, -0.05) is 20.8 Å². The third-order valence-corrected chi connectivity index (χ3v) is 4.73. The van der Waals surface area contributed by atoms with E-state index in [1.54, 1.807) is 11.3 Å². The fraction of sp³-hybridized carbons (Fsp3) is 0.800. The lowest BCUT2D eigenvalue weighted by atomic mass is 9.86. The van der Waals surface area contributed by atoms with Crippen LogP contribution in [0.25, 0.3) is 0 Å². The summed E-state index contributed by atoms with van der Waals surface area (Å²) < 4.78 is 0. The van der Waals surface area contributed by atoms with Crippen LogP contribution in [0.2, 0.25) is 0 Å². The minimum Gasteiger partial charge on any atom is -0.395 e. The van der Waals surface area contributed by atoms with Crippen molar-refractivity contribution in [3.63, 3.8) is 0 Å². The summed E-state index contributed by atoms with van der Waals surface area (Å²) in [5.74, 6) is 0. The van der Waals surface area contributed by atoms with Gasteiger partial charge in [0, 0.05) is 36.8 Å². The van der Waals surface area contributed by atoms with Crippen LogP contribution in [0.15, 0.2) is 6.20 Å². The maximum atomic E-state index is 9.62. The molecule has 20 heavy (non-hydrogen) atoms. The van der Waals surface area contributed by atoms with Crippen LogP contribution in [0.5, 0.6) is 0 Å². The maximum absolute atomic E-state index is 9.62. The van der Waals surface area contributed by atoms with Crippen LogP contribution in [0.1, 0.15) is 39.5 Å². The number of aromatic nitrogens is 1. The number of thiazole rings is 1. The van der Waals surface area contributed by atoms with Crippen LogP contribution in [0, 0.1) is 5.41 Å². The predicted octanol–water partition coefficient (Wildman–Crippen LogP) is 2.83. The molecule has 0 radical (unpaired) electrons. The second-order valence-electron chi connectivity index (χ2n) is 6.26. The van der Waals surface area contributed by atoms with E-state index in [0.717, 1.165) is 24.8 Å². The van der Waals surface area contributed by atoms with Crippen LogP contribution in [-0.4, -0.2) is 47.8 Å². The first-order chi connectivity index (χ1) is 9.33. The zero-order valence-corrected chi connectivity index (χ0v) is 14.5. The molecule has 116 valence electrons. The lowest BCUT2D eigenvalue weighted by Gasteiger charge is -2.36. The zero-order chi connectivity index (χ0) is 15.3. The van der Waals surface area contributed by atoms with Crippen molar-refractivity contribution >= 4 is 16.5 Å². The molecule has 1 unspecified atom stereocenters. The Balaban J connectivity index is 2.73. The minimum atomic E-state index is 0.0654. The van der Waals surface area contributed by atoms with Crippen molar-refractivity contribution in [2.24, 2.45) is 5.41 Å². The predicted molar refractivity (Wildman–Crippen MR) is 87.5 cm³/mol. The minimum absolute atomic E-state index is 0.0654. The largest absolute Gasteiger partial charge is 0.395 e. The fourth-order valence-corrected chi connectivity index (χ4v) is 3.54. The highest BCUT2D eigenvalue weighted by atomic mass is 32.1. The first kappa shape index (κ1) is 17.4. The van der Waals surface area contributed by atoms with E-state index in [4.69, 9.17) is 0 Å². The quantitative estimate of drug-likeness (QED) is 0.840. The number of hydrogen-bond donors (Lipinski definition) is 1. The Morgan fingerprint density at radius 3 is 2.35 bits per heavy atom. The van der Waals surface area contributed by atoms with Crippen LogP contribution in [0.3, 0.4) is 0 Å². The molecule has 1 atom stereocenters. The monoisotopic (exact) mass is 299 g/mol. The number of hydrogen-bond acceptors (Lipinski definition) is 5. The van der Waals surface area contributed by atoms with Gasteiger partial charge in [-0.3, -0.25) is 4.90 Å². The van der Waals surface area contributed by atoms with Gasteiger partial charge in [-0.25, -0.2) is 4.98 Å². The molecule has 1 rings (SSSR count). The topological polar surface area (TPSA) is 39.6 Å². The molecule has 0 aliphatic carbocycles. The van der Waals surface area contributed by atoms with Crippen molar-refractivity contribution in [1.29, 1.82) is 0 Å². The summed E-state index contributed by atoms with van der Waals surface area (Å²) in [6.07, 6.45) is 1.96. The lowest BCUT2D eigenvalue weighted by Crippen LogP contribution is -2.43. The second kappa shape index (κ2) is 7.38. The van der Waals surface area contributed by atoms with Gasteiger partial charge in [0.05, 0.1) is 6.61 Å². The molecular weight excluding hydrogens is 270 g/mol. The summed E-state index contributed by atoms with van der Waals surface area (Å²) in [7, 11) is 2.07. The summed E-state index contributed by atoms with van der Waals surface area (Å²) >= 11 is 1.75. The van der Waals surface area contributed by atoms with E-state index in [0.29, 0.717) is 0 Å². The van der Waals surface area contributed by atoms with E-state index >= 15 is 0 Å².